The maximum absolute atomic E-state index is 12.7. The van der Waals surface area contributed by atoms with Crippen molar-refractivity contribution in [2.24, 2.45) is 0 Å². The fraction of sp³-hybridized carbons (Fsp3) is 0.278. The molecule has 0 spiro atoms. The van der Waals surface area contributed by atoms with Crippen LogP contribution in [0.15, 0.2) is 46.7 Å². The van der Waals surface area contributed by atoms with Gasteiger partial charge in [-0.15, -0.1) is 23.1 Å². The maximum atomic E-state index is 12.7. The Labute approximate surface area is 164 Å². The summed E-state index contributed by atoms with van der Waals surface area (Å²) in [5.41, 5.74) is 0.696. The SMILES string of the molecule is O=C(NCc1n[nH]c(=S)n1C1CC1)c1ccccc1SCc1cccs1. The second-order valence-electron chi connectivity index (χ2n) is 6.09. The van der Waals surface area contributed by atoms with Crippen molar-refractivity contribution in [2.75, 3.05) is 0 Å². The Morgan fingerprint density at radius 3 is 2.96 bits per heavy atom. The first-order valence-corrected chi connectivity index (χ1v) is 10.7. The highest BCUT2D eigenvalue weighted by Gasteiger charge is 2.27. The molecule has 134 valence electrons. The molecule has 0 radical (unpaired) electrons. The van der Waals surface area contributed by atoms with E-state index in [2.05, 4.69) is 27.0 Å². The van der Waals surface area contributed by atoms with Gasteiger partial charge in [-0.05, 0) is 48.6 Å². The molecule has 0 aliphatic heterocycles. The fourth-order valence-electron chi connectivity index (χ4n) is 2.75. The number of aromatic amines is 1. The number of thiophene rings is 1. The van der Waals surface area contributed by atoms with Crippen molar-refractivity contribution in [1.82, 2.24) is 20.1 Å². The van der Waals surface area contributed by atoms with E-state index in [9.17, 15) is 4.79 Å². The van der Waals surface area contributed by atoms with Crippen LogP contribution in [0.1, 0.15) is 39.9 Å². The van der Waals surface area contributed by atoms with Crippen LogP contribution in [0.5, 0.6) is 0 Å². The molecule has 1 aliphatic rings. The summed E-state index contributed by atoms with van der Waals surface area (Å²) in [6.07, 6.45) is 2.24. The topological polar surface area (TPSA) is 62.7 Å². The van der Waals surface area contributed by atoms with Crippen molar-refractivity contribution in [1.29, 1.82) is 0 Å². The summed E-state index contributed by atoms with van der Waals surface area (Å²) in [4.78, 5) is 15.0. The van der Waals surface area contributed by atoms with Gasteiger partial charge in [0.2, 0.25) is 0 Å². The number of rotatable bonds is 7. The minimum absolute atomic E-state index is 0.0875. The molecule has 0 saturated heterocycles. The first-order valence-electron chi connectivity index (χ1n) is 8.40. The van der Waals surface area contributed by atoms with Crippen molar-refractivity contribution in [2.45, 2.75) is 36.1 Å². The Morgan fingerprint density at radius 1 is 1.35 bits per heavy atom. The van der Waals surface area contributed by atoms with E-state index in [4.69, 9.17) is 12.2 Å². The van der Waals surface area contributed by atoms with Crippen LogP contribution in [0, 0.1) is 4.77 Å². The van der Waals surface area contributed by atoms with Gasteiger partial charge < -0.3 is 5.32 Å². The second kappa shape index (κ2) is 7.77. The lowest BCUT2D eigenvalue weighted by atomic mass is 10.2. The minimum atomic E-state index is -0.0875. The zero-order chi connectivity index (χ0) is 17.9. The Balaban J connectivity index is 1.44. The van der Waals surface area contributed by atoms with Crippen LogP contribution >= 0.6 is 35.3 Å². The van der Waals surface area contributed by atoms with Gasteiger partial charge in [0.1, 0.15) is 0 Å². The van der Waals surface area contributed by atoms with E-state index in [0.717, 1.165) is 29.3 Å². The van der Waals surface area contributed by atoms with Crippen molar-refractivity contribution in [3.63, 3.8) is 0 Å². The lowest BCUT2D eigenvalue weighted by Crippen LogP contribution is -2.25. The summed E-state index contributed by atoms with van der Waals surface area (Å²) >= 11 is 8.70. The van der Waals surface area contributed by atoms with Crippen LogP contribution in [0.2, 0.25) is 0 Å². The fourth-order valence-corrected chi connectivity index (χ4v) is 4.87. The van der Waals surface area contributed by atoms with Crippen LogP contribution in [-0.4, -0.2) is 20.7 Å². The molecule has 0 atom stereocenters. The number of carbonyl (C=O) groups is 1. The van der Waals surface area contributed by atoms with Gasteiger partial charge in [-0.1, -0.05) is 18.2 Å². The monoisotopic (exact) mass is 402 g/mol. The standard InChI is InChI=1S/C18H18N4OS3/c23-17(19-10-16-20-21-18(24)22(16)12-7-8-12)14-5-1-2-6-15(14)26-11-13-4-3-9-25-13/h1-6,9,12H,7-8,10-11H2,(H,19,23)(H,21,24). The summed E-state index contributed by atoms with van der Waals surface area (Å²) in [7, 11) is 0. The van der Waals surface area contributed by atoms with Crippen molar-refractivity contribution < 1.29 is 4.79 Å². The number of H-pyrrole nitrogens is 1. The number of hydrogen-bond donors (Lipinski definition) is 2. The zero-order valence-corrected chi connectivity index (χ0v) is 16.4. The van der Waals surface area contributed by atoms with E-state index in [1.807, 2.05) is 34.9 Å². The molecular formula is C18H18N4OS3. The van der Waals surface area contributed by atoms with Gasteiger partial charge in [0, 0.05) is 21.6 Å². The first-order chi connectivity index (χ1) is 12.7. The largest absolute Gasteiger partial charge is 0.345 e. The van der Waals surface area contributed by atoms with Crippen LogP contribution in [-0.2, 0) is 12.3 Å². The quantitative estimate of drug-likeness (QED) is 0.449. The number of benzene rings is 1. The molecule has 1 aliphatic carbocycles. The van der Waals surface area contributed by atoms with Crippen LogP contribution in [0.4, 0.5) is 0 Å². The van der Waals surface area contributed by atoms with Gasteiger partial charge in [-0.2, -0.15) is 5.10 Å². The van der Waals surface area contributed by atoms with Gasteiger partial charge in [-0.25, -0.2) is 0 Å². The molecule has 1 fully saturated rings. The molecule has 2 N–H and O–H groups in total. The van der Waals surface area contributed by atoms with Crippen LogP contribution in [0.3, 0.4) is 0 Å². The highest BCUT2D eigenvalue weighted by Crippen LogP contribution is 2.35. The normalized spacial score (nSPS) is 13.7. The molecule has 0 unspecified atom stereocenters. The van der Waals surface area contributed by atoms with E-state index in [-0.39, 0.29) is 5.91 Å². The second-order valence-corrected chi connectivity index (χ2v) is 8.53. The summed E-state index contributed by atoms with van der Waals surface area (Å²) in [5.74, 6) is 1.56. The number of nitrogens with one attached hydrogen (secondary N) is 2. The van der Waals surface area contributed by atoms with Crippen LogP contribution in [0.25, 0.3) is 0 Å². The summed E-state index contributed by atoms with van der Waals surface area (Å²) in [6, 6.07) is 12.3. The zero-order valence-electron chi connectivity index (χ0n) is 14.0. The highest BCUT2D eigenvalue weighted by molar-refractivity contribution is 7.98. The molecule has 0 bridgehead atoms. The van der Waals surface area contributed by atoms with Gasteiger partial charge in [0.25, 0.3) is 5.91 Å². The Hall–Kier alpha value is -1.90. The van der Waals surface area contributed by atoms with Gasteiger partial charge >= 0.3 is 0 Å². The summed E-state index contributed by atoms with van der Waals surface area (Å²) in [6.45, 7) is 0.367. The average Bonchev–Trinajstić information content (AvgIpc) is 3.21. The molecule has 5 nitrogen and oxygen atoms in total. The number of amides is 1. The number of carbonyl (C=O) groups excluding carboxylic acids is 1. The number of nitrogens with zero attached hydrogens (tertiary/aromatic N) is 2. The molecule has 1 saturated carbocycles. The van der Waals surface area contributed by atoms with Crippen LogP contribution < -0.4 is 5.32 Å². The van der Waals surface area contributed by atoms with E-state index in [1.165, 1.54) is 4.88 Å². The maximum Gasteiger partial charge on any atom is 0.252 e. The predicted octanol–water partition coefficient (Wildman–Crippen LogP) is 4.56. The third kappa shape index (κ3) is 3.92. The molecule has 1 amide bonds. The molecule has 26 heavy (non-hydrogen) atoms. The molecule has 2 heterocycles. The van der Waals surface area contributed by atoms with E-state index >= 15 is 0 Å². The Kier molecular flexibility index (Phi) is 5.23. The molecule has 2 aromatic heterocycles. The third-order valence-electron chi connectivity index (χ3n) is 4.18. The Bertz CT molecular complexity index is 957. The highest BCUT2D eigenvalue weighted by atomic mass is 32.2. The molecule has 4 rings (SSSR count). The first kappa shape index (κ1) is 17.5. The van der Waals surface area contributed by atoms with Gasteiger partial charge in [0.15, 0.2) is 10.6 Å². The average molecular weight is 403 g/mol. The molecular weight excluding hydrogens is 384 g/mol. The lowest BCUT2D eigenvalue weighted by molar-refractivity contribution is 0.0946. The molecule has 1 aromatic carbocycles. The third-order valence-corrected chi connectivity index (χ3v) is 6.65. The minimum Gasteiger partial charge on any atom is -0.345 e. The van der Waals surface area contributed by atoms with Gasteiger partial charge in [-0.3, -0.25) is 14.5 Å². The number of hydrogen-bond acceptors (Lipinski definition) is 5. The van der Waals surface area contributed by atoms with E-state index < -0.39 is 0 Å². The predicted molar refractivity (Wildman–Crippen MR) is 107 cm³/mol. The molecule has 3 aromatic rings. The molecule has 8 heteroatoms. The summed E-state index contributed by atoms with van der Waals surface area (Å²) < 4.78 is 2.65. The number of thioether (sulfide) groups is 1. The van der Waals surface area contributed by atoms with E-state index in [1.54, 1.807) is 23.1 Å². The van der Waals surface area contributed by atoms with Crippen molar-refractivity contribution >= 4 is 41.2 Å². The van der Waals surface area contributed by atoms with Crippen molar-refractivity contribution in [3.05, 3.63) is 62.8 Å². The Morgan fingerprint density at radius 2 is 2.19 bits per heavy atom. The van der Waals surface area contributed by atoms with E-state index in [0.29, 0.717) is 22.9 Å². The number of aromatic nitrogens is 3. The summed E-state index contributed by atoms with van der Waals surface area (Å²) in [5, 5.41) is 12.1. The van der Waals surface area contributed by atoms with Gasteiger partial charge in [0.05, 0.1) is 12.1 Å². The lowest BCUT2D eigenvalue weighted by Gasteiger charge is -2.10. The smallest absolute Gasteiger partial charge is 0.252 e. The van der Waals surface area contributed by atoms with Crippen molar-refractivity contribution in [3.8, 4) is 0 Å².